The van der Waals surface area contributed by atoms with Gasteiger partial charge in [-0.1, -0.05) is 30.5 Å². The van der Waals surface area contributed by atoms with Crippen LogP contribution in [0.5, 0.6) is 0 Å². The molecule has 0 radical (unpaired) electrons. The molecule has 1 aliphatic carbocycles. The normalized spacial score (nSPS) is 22.3. The van der Waals surface area contributed by atoms with Gasteiger partial charge in [0.15, 0.2) is 0 Å². The van der Waals surface area contributed by atoms with E-state index in [0.717, 1.165) is 18.4 Å². The Morgan fingerprint density at radius 2 is 1.90 bits per heavy atom. The summed E-state index contributed by atoms with van der Waals surface area (Å²) in [4.78, 5) is 23.5. The molecular formula is C15H18ClNO3. The van der Waals surface area contributed by atoms with Gasteiger partial charge in [0.2, 0.25) is 5.91 Å². The SMILES string of the molecule is Cc1ccc(NC(=O)[C@H]2CCCC[C@H]2C(=O)O)cc1Cl. The van der Waals surface area contributed by atoms with Gasteiger partial charge >= 0.3 is 5.97 Å². The van der Waals surface area contributed by atoms with Gasteiger partial charge in [0.1, 0.15) is 0 Å². The van der Waals surface area contributed by atoms with Crippen molar-refractivity contribution < 1.29 is 14.7 Å². The number of aliphatic carboxylic acids is 1. The summed E-state index contributed by atoms with van der Waals surface area (Å²) in [6.07, 6.45) is 2.97. The molecule has 1 aromatic carbocycles. The number of carbonyl (C=O) groups is 2. The third-order valence-electron chi connectivity index (χ3n) is 3.86. The molecule has 20 heavy (non-hydrogen) atoms. The van der Waals surface area contributed by atoms with Gasteiger partial charge in [-0.05, 0) is 37.5 Å². The minimum atomic E-state index is -0.883. The molecule has 1 aromatic rings. The molecule has 0 heterocycles. The van der Waals surface area contributed by atoms with E-state index in [9.17, 15) is 14.7 Å². The van der Waals surface area contributed by atoms with E-state index in [4.69, 9.17) is 11.6 Å². The number of amides is 1. The maximum atomic E-state index is 12.3. The lowest BCUT2D eigenvalue weighted by atomic mass is 9.78. The van der Waals surface area contributed by atoms with E-state index < -0.39 is 17.8 Å². The molecule has 0 bridgehead atoms. The largest absolute Gasteiger partial charge is 0.481 e. The second-order valence-corrected chi connectivity index (χ2v) is 5.70. The summed E-state index contributed by atoms with van der Waals surface area (Å²) in [6, 6.07) is 5.29. The zero-order chi connectivity index (χ0) is 14.7. The molecule has 1 aliphatic rings. The van der Waals surface area contributed by atoms with Crippen LogP contribution in [-0.2, 0) is 9.59 Å². The average molecular weight is 296 g/mol. The quantitative estimate of drug-likeness (QED) is 0.897. The number of halogens is 1. The van der Waals surface area contributed by atoms with Crippen LogP contribution in [0.25, 0.3) is 0 Å². The zero-order valence-corrected chi connectivity index (χ0v) is 12.1. The van der Waals surface area contributed by atoms with Crippen LogP contribution in [0, 0.1) is 18.8 Å². The smallest absolute Gasteiger partial charge is 0.307 e. The predicted octanol–water partition coefficient (Wildman–Crippen LogP) is 3.48. The highest BCUT2D eigenvalue weighted by atomic mass is 35.5. The zero-order valence-electron chi connectivity index (χ0n) is 11.4. The Morgan fingerprint density at radius 3 is 2.50 bits per heavy atom. The fraction of sp³-hybridized carbons (Fsp3) is 0.467. The van der Waals surface area contributed by atoms with Gasteiger partial charge in [-0.15, -0.1) is 0 Å². The van der Waals surface area contributed by atoms with Crippen molar-refractivity contribution in [2.24, 2.45) is 11.8 Å². The van der Waals surface area contributed by atoms with Crippen LogP contribution in [0.4, 0.5) is 5.69 Å². The summed E-state index contributed by atoms with van der Waals surface area (Å²) in [5, 5.41) is 12.6. The number of hydrogen-bond acceptors (Lipinski definition) is 2. The molecular weight excluding hydrogens is 278 g/mol. The Bertz CT molecular complexity index is 530. The molecule has 5 heteroatoms. The molecule has 0 saturated heterocycles. The lowest BCUT2D eigenvalue weighted by molar-refractivity contribution is -0.147. The maximum Gasteiger partial charge on any atom is 0.307 e. The fourth-order valence-corrected chi connectivity index (χ4v) is 2.83. The van der Waals surface area contributed by atoms with Crippen LogP contribution in [0.3, 0.4) is 0 Å². The van der Waals surface area contributed by atoms with Crippen LogP contribution in [0.1, 0.15) is 31.2 Å². The standard InChI is InChI=1S/C15H18ClNO3/c1-9-6-7-10(8-13(9)16)17-14(18)11-4-2-3-5-12(11)15(19)20/h6-8,11-12H,2-5H2,1H3,(H,17,18)(H,19,20)/t11-,12+/m0/s1. The number of aryl methyl sites for hydroxylation is 1. The van der Waals surface area contributed by atoms with Crippen LogP contribution < -0.4 is 5.32 Å². The van der Waals surface area contributed by atoms with Crippen LogP contribution in [0.15, 0.2) is 18.2 Å². The molecule has 0 spiro atoms. The molecule has 2 N–H and O–H groups in total. The van der Waals surface area contributed by atoms with Crippen molar-refractivity contribution in [1.29, 1.82) is 0 Å². The van der Waals surface area contributed by atoms with Crippen molar-refractivity contribution >= 4 is 29.2 Å². The topological polar surface area (TPSA) is 66.4 Å². The molecule has 1 fully saturated rings. The number of carboxylic acid groups (broad SMARTS) is 1. The average Bonchev–Trinajstić information content (AvgIpc) is 2.43. The number of anilines is 1. The molecule has 0 unspecified atom stereocenters. The Hall–Kier alpha value is -1.55. The minimum Gasteiger partial charge on any atom is -0.481 e. The fourth-order valence-electron chi connectivity index (χ4n) is 2.65. The van der Waals surface area contributed by atoms with Gasteiger partial charge in [0.25, 0.3) is 0 Å². The van der Waals surface area contributed by atoms with Gasteiger partial charge in [-0.2, -0.15) is 0 Å². The number of nitrogens with one attached hydrogen (secondary N) is 1. The summed E-state index contributed by atoms with van der Waals surface area (Å²) in [5.41, 5.74) is 1.55. The number of benzene rings is 1. The van der Waals surface area contributed by atoms with E-state index in [1.807, 2.05) is 13.0 Å². The lowest BCUT2D eigenvalue weighted by Gasteiger charge is -2.27. The molecule has 4 nitrogen and oxygen atoms in total. The predicted molar refractivity (Wildman–Crippen MR) is 77.9 cm³/mol. The molecule has 108 valence electrons. The highest BCUT2D eigenvalue weighted by Gasteiger charge is 2.35. The van der Waals surface area contributed by atoms with Gasteiger partial charge in [-0.3, -0.25) is 9.59 Å². The second kappa shape index (κ2) is 6.27. The highest BCUT2D eigenvalue weighted by molar-refractivity contribution is 6.31. The van der Waals surface area contributed by atoms with Crippen LogP contribution >= 0.6 is 11.6 Å². The van der Waals surface area contributed by atoms with Crippen molar-refractivity contribution in [3.05, 3.63) is 28.8 Å². The van der Waals surface area contributed by atoms with Crippen molar-refractivity contribution in [1.82, 2.24) is 0 Å². The van der Waals surface area contributed by atoms with E-state index in [0.29, 0.717) is 23.6 Å². The Balaban J connectivity index is 2.09. The summed E-state index contributed by atoms with van der Waals surface area (Å²) in [6.45, 7) is 1.88. The second-order valence-electron chi connectivity index (χ2n) is 5.29. The Labute approximate surface area is 123 Å². The summed E-state index contributed by atoms with van der Waals surface area (Å²) < 4.78 is 0. The first-order valence-corrected chi connectivity index (χ1v) is 7.16. The van der Waals surface area contributed by atoms with Gasteiger partial charge < -0.3 is 10.4 Å². The first kappa shape index (κ1) is 14.9. The van der Waals surface area contributed by atoms with E-state index in [1.165, 1.54) is 0 Å². The van der Waals surface area contributed by atoms with E-state index in [1.54, 1.807) is 12.1 Å². The Morgan fingerprint density at radius 1 is 1.25 bits per heavy atom. The summed E-state index contributed by atoms with van der Waals surface area (Å²) >= 11 is 6.02. The highest BCUT2D eigenvalue weighted by Crippen LogP contribution is 2.31. The first-order chi connectivity index (χ1) is 9.49. The lowest BCUT2D eigenvalue weighted by Crippen LogP contribution is -2.36. The molecule has 0 aliphatic heterocycles. The molecule has 2 rings (SSSR count). The monoisotopic (exact) mass is 295 g/mol. The van der Waals surface area contributed by atoms with Crippen molar-refractivity contribution in [3.63, 3.8) is 0 Å². The molecule has 0 aromatic heterocycles. The first-order valence-electron chi connectivity index (χ1n) is 6.79. The maximum absolute atomic E-state index is 12.3. The van der Waals surface area contributed by atoms with Crippen molar-refractivity contribution in [2.75, 3.05) is 5.32 Å². The third kappa shape index (κ3) is 3.31. The minimum absolute atomic E-state index is 0.225. The summed E-state index contributed by atoms with van der Waals surface area (Å²) in [7, 11) is 0. The van der Waals surface area contributed by atoms with Crippen LogP contribution in [-0.4, -0.2) is 17.0 Å². The molecule has 1 amide bonds. The van der Waals surface area contributed by atoms with E-state index in [-0.39, 0.29) is 5.91 Å². The van der Waals surface area contributed by atoms with E-state index >= 15 is 0 Å². The third-order valence-corrected chi connectivity index (χ3v) is 4.27. The Kier molecular flexibility index (Phi) is 4.65. The van der Waals surface area contributed by atoms with Gasteiger partial charge in [-0.25, -0.2) is 0 Å². The molecule has 2 atom stereocenters. The van der Waals surface area contributed by atoms with Gasteiger partial charge in [0.05, 0.1) is 11.8 Å². The van der Waals surface area contributed by atoms with E-state index in [2.05, 4.69) is 5.32 Å². The van der Waals surface area contributed by atoms with Gasteiger partial charge in [0, 0.05) is 10.7 Å². The van der Waals surface area contributed by atoms with Crippen molar-refractivity contribution in [3.8, 4) is 0 Å². The number of hydrogen-bond donors (Lipinski definition) is 2. The number of carbonyl (C=O) groups excluding carboxylic acids is 1. The van der Waals surface area contributed by atoms with Crippen LogP contribution in [0.2, 0.25) is 5.02 Å². The number of carboxylic acids is 1. The number of rotatable bonds is 3. The van der Waals surface area contributed by atoms with Crippen molar-refractivity contribution in [2.45, 2.75) is 32.6 Å². The summed E-state index contributed by atoms with van der Waals surface area (Å²) in [5.74, 6) is -2.14. The molecule has 1 saturated carbocycles.